The molecular formula is C20H33NO2Si. The molecule has 0 aromatic heterocycles. The van der Waals surface area contributed by atoms with Gasteiger partial charge < -0.3 is 14.5 Å². The second kappa shape index (κ2) is 7.85. The fourth-order valence-electron chi connectivity index (χ4n) is 2.22. The van der Waals surface area contributed by atoms with Crippen molar-refractivity contribution in [3.8, 4) is 5.75 Å². The van der Waals surface area contributed by atoms with E-state index in [-0.39, 0.29) is 5.04 Å². The van der Waals surface area contributed by atoms with E-state index in [4.69, 9.17) is 9.16 Å². The van der Waals surface area contributed by atoms with Gasteiger partial charge >= 0.3 is 0 Å². The lowest BCUT2D eigenvalue weighted by molar-refractivity contribution is 0.234. The predicted molar refractivity (Wildman–Crippen MR) is 105 cm³/mol. The Morgan fingerprint density at radius 1 is 1.21 bits per heavy atom. The van der Waals surface area contributed by atoms with Gasteiger partial charge in [0, 0.05) is 19.7 Å². The number of hydrogen-bond donors (Lipinski definition) is 1. The van der Waals surface area contributed by atoms with Gasteiger partial charge in [0.25, 0.3) is 0 Å². The van der Waals surface area contributed by atoms with Crippen LogP contribution >= 0.6 is 0 Å². The minimum absolute atomic E-state index is 0.196. The molecule has 1 saturated carbocycles. The van der Waals surface area contributed by atoms with Crippen molar-refractivity contribution in [3.05, 3.63) is 35.4 Å². The second-order valence-corrected chi connectivity index (χ2v) is 13.0. The van der Waals surface area contributed by atoms with E-state index in [9.17, 15) is 0 Å². The van der Waals surface area contributed by atoms with Crippen LogP contribution in [0.1, 0.15) is 44.7 Å². The Kier molecular flexibility index (Phi) is 6.29. The maximum absolute atomic E-state index is 6.52. The molecule has 4 heteroatoms. The number of rotatable bonds is 8. The number of ether oxygens (including phenoxy) is 1. The van der Waals surface area contributed by atoms with Crippen molar-refractivity contribution < 1.29 is 9.16 Å². The van der Waals surface area contributed by atoms with Gasteiger partial charge in [-0.3, -0.25) is 0 Å². The Morgan fingerprint density at radius 2 is 1.92 bits per heavy atom. The van der Waals surface area contributed by atoms with E-state index < -0.39 is 8.32 Å². The van der Waals surface area contributed by atoms with Gasteiger partial charge in [0.15, 0.2) is 0 Å². The lowest BCUT2D eigenvalue weighted by atomic mass is 10.1. The van der Waals surface area contributed by atoms with Crippen molar-refractivity contribution in [1.82, 2.24) is 5.32 Å². The van der Waals surface area contributed by atoms with Crippen molar-refractivity contribution >= 4 is 14.4 Å². The van der Waals surface area contributed by atoms with Crippen LogP contribution in [-0.4, -0.2) is 28.1 Å². The molecule has 0 atom stereocenters. The number of benzene rings is 1. The molecule has 3 nitrogen and oxygen atoms in total. The predicted octanol–water partition coefficient (Wildman–Crippen LogP) is 4.98. The molecular weight excluding hydrogens is 314 g/mol. The van der Waals surface area contributed by atoms with Crippen LogP contribution in [-0.2, 0) is 11.3 Å². The van der Waals surface area contributed by atoms with Crippen molar-refractivity contribution in [3.63, 3.8) is 0 Å². The maximum atomic E-state index is 6.52. The van der Waals surface area contributed by atoms with E-state index in [1.54, 1.807) is 7.11 Å². The first-order chi connectivity index (χ1) is 11.2. The highest BCUT2D eigenvalue weighted by molar-refractivity contribution is 6.74. The molecule has 0 heterocycles. The molecule has 0 amide bonds. The van der Waals surface area contributed by atoms with Gasteiger partial charge in [0.05, 0.1) is 6.61 Å². The first-order valence-electron chi connectivity index (χ1n) is 8.93. The van der Waals surface area contributed by atoms with Crippen molar-refractivity contribution in [2.45, 2.75) is 64.3 Å². The van der Waals surface area contributed by atoms with Gasteiger partial charge in [0.1, 0.15) is 5.75 Å². The number of hydrogen-bond acceptors (Lipinski definition) is 3. The van der Waals surface area contributed by atoms with E-state index >= 15 is 0 Å². The summed E-state index contributed by atoms with van der Waals surface area (Å²) in [7, 11) is -0.117. The summed E-state index contributed by atoms with van der Waals surface area (Å²) in [5.74, 6) is 0.994. The van der Waals surface area contributed by atoms with Crippen LogP contribution < -0.4 is 9.74 Å². The Bertz CT molecular complexity index is 571. The molecule has 1 aromatic rings. The molecule has 0 aliphatic heterocycles. The molecule has 1 aromatic carbocycles. The molecule has 0 saturated heterocycles. The molecule has 0 unspecified atom stereocenters. The van der Waals surface area contributed by atoms with E-state index in [0.717, 1.165) is 12.3 Å². The average molecular weight is 348 g/mol. The quantitative estimate of drug-likeness (QED) is 0.673. The first kappa shape index (κ1) is 19.2. The van der Waals surface area contributed by atoms with Crippen LogP contribution in [0.25, 0.3) is 6.08 Å². The molecule has 1 aliphatic rings. The Morgan fingerprint density at radius 3 is 2.50 bits per heavy atom. The summed E-state index contributed by atoms with van der Waals surface area (Å²) in [6.07, 6.45) is 6.77. The normalized spacial score (nSPS) is 15.9. The van der Waals surface area contributed by atoms with Crippen LogP contribution in [0, 0.1) is 0 Å². The maximum Gasteiger partial charge on any atom is 0.250 e. The van der Waals surface area contributed by atoms with Crippen molar-refractivity contribution in [2.75, 3.05) is 13.7 Å². The van der Waals surface area contributed by atoms with Gasteiger partial charge in [-0.2, -0.15) is 0 Å². The van der Waals surface area contributed by atoms with Crippen LogP contribution in [0.15, 0.2) is 24.3 Å². The third-order valence-corrected chi connectivity index (χ3v) is 9.27. The molecule has 0 spiro atoms. The summed E-state index contributed by atoms with van der Waals surface area (Å²) >= 11 is 0. The molecule has 2 rings (SSSR count). The van der Waals surface area contributed by atoms with Crippen molar-refractivity contribution in [1.29, 1.82) is 0 Å². The van der Waals surface area contributed by atoms with E-state index in [1.807, 2.05) is 6.08 Å². The monoisotopic (exact) mass is 347 g/mol. The van der Waals surface area contributed by atoms with E-state index in [1.165, 1.54) is 24.0 Å². The lowest BCUT2D eigenvalue weighted by Gasteiger charge is -2.36. The summed E-state index contributed by atoms with van der Waals surface area (Å²) in [5, 5.41) is 3.79. The van der Waals surface area contributed by atoms with E-state index in [0.29, 0.717) is 12.6 Å². The molecule has 1 fully saturated rings. The van der Waals surface area contributed by atoms with Crippen LogP contribution in [0.3, 0.4) is 0 Å². The Balaban J connectivity index is 2.20. The lowest BCUT2D eigenvalue weighted by Crippen LogP contribution is -2.43. The number of methoxy groups -OCH3 is 1. The third kappa shape index (κ3) is 5.76. The summed E-state index contributed by atoms with van der Waals surface area (Å²) in [5.41, 5.74) is 2.46. The Labute approximate surface area is 148 Å². The largest absolute Gasteiger partial charge is 0.543 e. The highest BCUT2D eigenvalue weighted by Crippen LogP contribution is 2.37. The summed E-state index contributed by atoms with van der Waals surface area (Å²) in [6, 6.07) is 7.29. The molecule has 0 bridgehead atoms. The van der Waals surface area contributed by atoms with Gasteiger partial charge in [0.2, 0.25) is 8.32 Å². The van der Waals surface area contributed by atoms with Gasteiger partial charge in [-0.05, 0) is 54.2 Å². The minimum Gasteiger partial charge on any atom is -0.543 e. The molecule has 0 radical (unpaired) electrons. The number of nitrogens with one attached hydrogen (secondary N) is 1. The summed E-state index contributed by atoms with van der Waals surface area (Å²) in [4.78, 5) is 0. The van der Waals surface area contributed by atoms with Crippen molar-refractivity contribution in [2.24, 2.45) is 0 Å². The summed E-state index contributed by atoms with van der Waals surface area (Å²) in [6.45, 7) is 12.9. The standard InChI is InChI=1S/C20H33NO2Si/c1-20(2,3)24(5,6)23-19-13-16(8-7-11-22-4)12-17(14-19)15-21-18-9-10-18/h7-8,12-14,18,21H,9-11,15H2,1-6H3/b8-7+. The fourth-order valence-corrected chi connectivity index (χ4v) is 3.23. The second-order valence-electron chi connectivity index (χ2n) is 8.29. The molecule has 1 aliphatic carbocycles. The molecule has 134 valence electrons. The first-order valence-corrected chi connectivity index (χ1v) is 11.8. The summed E-state index contributed by atoms with van der Waals surface area (Å²) < 4.78 is 11.6. The smallest absolute Gasteiger partial charge is 0.250 e. The third-order valence-electron chi connectivity index (χ3n) is 4.91. The molecule has 1 N–H and O–H groups in total. The van der Waals surface area contributed by atoms with Gasteiger partial charge in [-0.25, -0.2) is 0 Å². The Hall–Kier alpha value is -1.10. The highest BCUT2D eigenvalue weighted by atomic mass is 28.4. The van der Waals surface area contributed by atoms with Crippen LogP contribution in [0.2, 0.25) is 18.1 Å². The van der Waals surface area contributed by atoms with Crippen LogP contribution in [0.4, 0.5) is 0 Å². The minimum atomic E-state index is -1.83. The SMILES string of the molecule is COC/C=C/c1cc(CNC2CC2)cc(O[Si](C)(C)C(C)(C)C)c1. The molecule has 24 heavy (non-hydrogen) atoms. The zero-order chi connectivity index (χ0) is 17.8. The van der Waals surface area contributed by atoms with E-state index in [2.05, 4.69) is 63.5 Å². The highest BCUT2D eigenvalue weighted by Gasteiger charge is 2.39. The fraction of sp³-hybridized carbons (Fsp3) is 0.600. The average Bonchev–Trinajstić information content (AvgIpc) is 3.28. The van der Waals surface area contributed by atoms with Gasteiger partial charge in [-0.15, -0.1) is 0 Å². The topological polar surface area (TPSA) is 30.5 Å². The zero-order valence-electron chi connectivity index (χ0n) is 16.1. The van der Waals surface area contributed by atoms with Crippen LogP contribution in [0.5, 0.6) is 5.75 Å². The zero-order valence-corrected chi connectivity index (χ0v) is 17.1. The van der Waals surface area contributed by atoms with Gasteiger partial charge in [-0.1, -0.05) is 39.0 Å².